The lowest BCUT2D eigenvalue weighted by Gasteiger charge is -2.42. The van der Waals surface area contributed by atoms with Gasteiger partial charge in [-0.25, -0.2) is 4.79 Å². The first-order valence-electron chi connectivity index (χ1n) is 7.98. The number of rotatable bonds is 1. The molecule has 0 aliphatic carbocycles. The second kappa shape index (κ2) is 6.02. The van der Waals surface area contributed by atoms with Crippen LogP contribution in [0.1, 0.15) is 32.8 Å². The predicted molar refractivity (Wildman–Crippen MR) is 86.9 cm³/mol. The molecule has 1 amide bonds. The molecule has 2 aliphatic rings. The molecule has 23 heavy (non-hydrogen) atoms. The van der Waals surface area contributed by atoms with Crippen molar-refractivity contribution in [2.75, 3.05) is 31.7 Å². The second-order valence-electron chi connectivity index (χ2n) is 7.00. The summed E-state index contributed by atoms with van der Waals surface area (Å²) in [6.07, 6.45) is 0.404. The summed E-state index contributed by atoms with van der Waals surface area (Å²) in [6, 6.07) is 5.70. The van der Waals surface area contributed by atoms with E-state index in [0.29, 0.717) is 18.9 Å². The van der Waals surface area contributed by atoms with Crippen molar-refractivity contribution in [3.63, 3.8) is 0 Å². The molecule has 126 valence electrons. The van der Waals surface area contributed by atoms with Crippen LogP contribution in [0.25, 0.3) is 0 Å². The van der Waals surface area contributed by atoms with Crippen molar-refractivity contribution in [2.45, 2.75) is 38.3 Å². The van der Waals surface area contributed by atoms with Gasteiger partial charge in [-0.15, -0.1) is 0 Å². The maximum absolute atomic E-state index is 11.9. The Kier molecular flexibility index (Phi) is 4.21. The maximum atomic E-state index is 11.9. The highest BCUT2D eigenvalue weighted by molar-refractivity contribution is 5.85. The molecule has 1 atom stereocenters. The highest BCUT2D eigenvalue weighted by Crippen LogP contribution is 2.39. The number of benzene rings is 1. The Morgan fingerprint density at radius 2 is 2.17 bits per heavy atom. The van der Waals surface area contributed by atoms with Crippen LogP contribution < -0.4 is 15.4 Å². The predicted octanol–water partition coefficient (Wildman–Crippen LogP) is 2.63. The van der Waals surface area contributed by atoms with Crippen molar-refractivity contribution in [3.05, 3.63) is 23.8 Å². The van der Waals surface area contributed by atoms with Gasteiger partial charge < -0.3 is 19.5 Å². The lowest BCUT2D eigenvalue weighted by molar-refractivity contribution is 0.00566. The van der Waals surface area contributed by atoms with E-state index in [1.807, 2.05) is 39.0 Å². The summed E-state index contributed by atoms with van der Waals surface area (Å²) in [5, 5.41) is 6.31. The third-order valence-corrected chi connectivity index (χ3v) is 3.99. The molecule has 0 saturated carbocycles. The van der Waals surface area contributed by atoms with Crippen LogP contribution in [0.4, 0.5) is 10.5 Å². The van der Waals surface area contributed by atoms with E-state index in [0.717, 1.165) is 30.9 Å². The van der Waals surface area contributed by atoms with E-state index >= 15 is 0 Å². The second-order valence-corrected chi connectivity index (χ2v) is 7.00. The molecule has 2 N–H and O–H groups in total. The Hall–Kier alpha value is -1.79. The molecule has 0 aromatic heterocycles. The fourth-order valence-electron chi connectivity index (χ4n) is 3.00. The van der Waals surface area contributed by atoms with Crippen molar-refractivity contribution in [1.82, 2.24) is 5.32 Å². The molecule has 1 aromatic rings. The summed E-state index contributed by atoms with van der Waals surface area (Å²) < 4.78 is 16.7. The van der Waals surface area contributed by atoms with E-state index in [1.54, 1.807) is 0 Å². The van der Waals surface area contributed by atoms with Gasteiger partial charge in [0.25, 0.3) is 0 Å². The number of fused-ring (bicyclic) bond motifs is 2. The van der Waals surface area contributed by atoms with E-state index in [1.165, 1.54) is 0 Å². The van der Waals surface area contributed by atoms with Crippen LogP contribution in [0.3, 0.4) is 0 Å². The molecule has 6 nitrogen and oxygen atoms in total. The third-order valence-electron chi connectivity index (χ3n) is 3.99. The van der Waals surface area contributed by atoms with Gasteiger partial charge in [-0.1, -0.05) is 6.07 Å². The number of hydrogen-bond acceptors (Lipinski definition) is 5. The zero-order chi connectivity index (χ0) is 16.5. The van der Waals surface area contributed by atoms with Gasteiger partial charge >= 0.3 is 6.09 Å². The summed E-state index contributed by atoms with van der Waals surface area (Å²) in [7, 11) is 0. The van der Waals surface area contributed by atoms with Crippen molar-refractivity contribution in [1.29, 1.82) is 0 Å². The molecule has 0 unspecified atom stereocenters. The molecule has 1 saturated heterocycles. The van der Waals surface area contributed by atoms with Gasteiger partial charge in [-0.3, -0.25) is 5.32 Å². The van der Waals surface area contributed by atoms with Crippen LogP contribution in [-0.4, -0.2) is 38.1 Å². The standard InChI is InChI=1S/C17H24N2O4/c1-16(2,3)23-15(20)19-12-4-5-13-14(10-12)22-8-6-17(13)11-21-9-7-18-17/h4-5,10,18H,6-9,11H2,1-3H3,(H,19,20)/t17-/m1/s1. The fourth-order valence-corrected chi connectivity index (χ4v) is 3.00. The number of nitrogens with one attached hydrogen (secondary N) is 2. The van der Waals surface area contributed by atoms with Crippen molar-refractivity contribution in [3.8, 4) is 5.75 Å². The fraction of sp³-hybridized carbons (Fsp3) is 0.588. The van der Waals surface area contributed by atoms with Gasteiger partial charge in [-0.05, 0) is 26.8 Å². The molecule has 0 radical (unpaired) electrons. The first-order valence-corrected chi connectivity index (χ1v) is 7.98. The van der Waals surface area contributed by atoms with Crippen LogP contribution in [0.2, 0.25) is 0 Å². The number of carbonyl (C=O) groups excluding carboxylic acids is 1. The van der Waals surface area contributed by atoms with E-state index < -0.39 is 11.7 Å². The number of carbonyl (C=O) groups is 1. The Labute approximate surface area is 136 Å². The Morgan fingerprint density at radius 1 is 1.35 bits per heavy atom. The first kappa shape index (κ1) is 16.1. The van der Waals surface area contributed by atoms with Crippen molar-refractivity contribution in [2.24, 2.45) is 0 Å². The van der Waals surface area contributed by atoms with Crippen LogP contribution in [0, 0.1) is 0 Å². The Bertz CT molecular complexity index is 589. The highest BCUT2D eigenvalue weighted by Gasteiger charge is 2.39. The normalized spacial score (nSPS) is 23.8. The average Bonchev–Trinajstić information content (AvgIpc) is 2.46. The molecule has 2 aliphatic heterocycles. The maximum Gasteiger partial charge on any atom is 0.412 e. The minimum atomic E-state index is -0.526. The van der Waals surface area contributed by atoms with Crippen molar-refractivity contribution < 1.29 is 19.0 Å². The monoisotopic (exact) mass is 320 g/mol. The highest BCUT2D eigenvalue weighted by atomic mass is 16.6. The summed E-state index contributed by atoms with van der Waals surface area (Å²) in [4.78, 5) is 11.9. The lowest BCUT2D eigenvalue weighted by atomic mass is 9.84. The zero-order valence-electron chi connectivity index (χ0n) is 13.9. The van der Waals surface area contributed by atoms with Crippen LogP contribution >= 0.6 is 0 Å². The van der Waals surface area contributed by atoms with Crippen molar-refractivity contribution >= 4 is 11.8 Å². The summed E-state index contributed by atoms with van der Waals surface area (Å²) in [5.41, 5.74) is 1.03. The van der Waals surface area contributed by atoms with Gasteiger partial charge in [0.2, 0.25) is 0 Å². The third kappa shape index (κ3) is 3.59. The lowest BCUT2D eigenvalue weighted by Crippen LogP contribution is -2.54. The molecule has 6 heteroatoms. The molecular formula is C17H24N2O4. The summed E-state index contributed by atoms with van der Waals surface area (Å²) in [5.74, 6) is 0.780. The molecule has 2 heterocycles. The Morgan fingerprint density at radius 3 is 2.87 bits per heavy atom. The van der Waals surface area contributed by atoms with Crippen LogP contribution in [0.15, 0.2) is 18.2 Å². The van der Waals surface area contributed by atoms with Gasteiger partial charge in [0.1, 0.15) is 11.4 Å². The van der Waals surface area contributed by atoms with Gasteiger partial charge in [0, 0.05) is 30.3 Å². The number of morpholine rings is 1. The SMILES string of the molecule is CC(C)(C)OC(=O)Nc1ccc2c(c1)OCC[C@@]21COCCN1. The Balaban J connectivity index is 1.78. The molecule has 1 spiro atoms. The minimum absolute atomic E-state index is 0.184. The molecule has 0 bridgehead atoms. The van der Waals surface area contributed by atoms with Crippen LogP contribution in [-0.2, 0) is 15.0 Å². The summed E-state index contributed by atoms with van der Waals surface area (Å²) >= 11 is 0. The largest absolute Gasteiger partial charge is 0.493 e. The summed E-state index contributed by atoms with van der Waals surface area (Å²) in [6.45, 7) is 8.33. The zero-order valence-corrected chi connectivity index (χ0v) is 13.9. The molecule has 1 aromatic carbocycles. The van der Waals surface area contributed by atoms with E-state index in [2.05, 4.69) is 10.6 Å². The molecule has 3 rings (SSSR count). The number of hydrogen-bond donors (Lipinski definition) is 2. The van der Waals surface area contributed by atoms with E-state index in [-0.39, 0.29) is 5.54 Å². The molecular weight excluding hydrogens is 296 g/mol. The van der Waals surface area contributed by atoms with E-state index in [9.17, 15) is 4.79 Å². The first-order chi connectivity index (χ1) is 10.9. The van der Waals surface area contributed by atoms with Gasteiger partial charge in [-0.2, -0.15) is 0 Å². The number of ether oxygens (including phenoxy) is 3. The number of amides is 1. The van der Waals surface area contributed by atoms with Gasteiger partial charge in [0.15, 0.2) is 0 Å². The number of anilines is 1. The smallest absolute Gasteiger partial charge is 0.412 e. The van der Waals surface area contributed by atoms with Crippen LogP contribution in [0.5, 0.6) is 5.75 Å². The minimum Gasteiger partial charge on any atom is -0.493 e. The molecule has 1 fully saturated rings. The topological polar surface area (TPSA) is 68.8 Å². The van der Waals surface area contributed by atoms with Gasteiger partial charge in [0.05, 0.1) is 25.4 Å². The van der Waals surface area contributed by atoms with E-state index in [4.69, 9.17) is 14.2 Å². The quantitative estimate of drug-likeness (QED) is 0.832. The average molecular weight is 320 g/mol.